The minimum absolute atomic E-state index is 0.0251. The van der Waals surface area contributed by atoms with Crippen molar-refractivity contribution >= 4 is 11.8 Å². The van der Waals surface area contributed by atoms with Crippen molar-refractivity contribution in [3.8, 4) is 0 Å². The maximum Gasteiger partial charge on any atom is 0.243 e. The van der Waals surface area contributed by atoms with Crippen LogP contribution in [0.5, 0.6) is 0 Å². The summed E-state index contributed by atoms with van der Waals surface area (Å²) in [6.07, 6.45) is 0.515. The van der Waals surface area contributed by atoms with E-state index in [9.17, 15) is 19.8 Å². The van der Waals surface area contributed by atoms with Gasteiger partial charge >= 0.3 is 0 Å². The second-order valence-electron chi connectivity index (χ2n) is 11.6. The number of amides is 2. The molecule has 1 aliphatic rings. The Morgan fingerprint density at radius 2 is 1.51 bits per heavy atom. The molecule has 0 aromatic heterocycles. The summed E-state index contributed by atoms with van der Waals surface area (Å²) in [5.41, 5.74) is 6.08. The number of benzene rings is 3. The number of aliphatic hydroxyl groups excluding tert-OH is 2. The van der Waals surface area contributed by atoms with E-state index in [1.165, 1.54) is 0 Å². The predicted molar refractivity (Wildman–Crippen MR) is 169 cm³/mol. The van der Waals surface area contributed by atoms with Crippen LogP contribution >= 0.6 is 0 Å². The first kappa shape index (κ1) is 34.2. The van der Waals surface area contributed by atoms with Crippen molar-refractivity contribution in [3.05, 3.63) is 107 Å². The van der Waals surface area contributed by atoms with Crippen LogP contribution in [0.4, 0.5) is 0 Å². The van der Waals surface area contributed by atoms with Crippen molar-refractivity contribution in [1.82, 2.24) is 15.7 Å². The lowest BCUT2D eigenvalue weighted by Gasteiger charge is -2.39. The van der Waals surface area contributed by atoms with E-state index in [0.29, 0.717) is 38.8 Å². The van der Waals surface area contributed by atoms with Gasteiger partial charge in [-0.3, -0.25) is 19.7 Å². The van der Waals surface area contributed by atoms with Crippen molar-refractivity contribution in [1.29, 1.82) is 0 Å². The molecule has 1 heterocycles. The summed E-state index contributed by atoms with van der Waals surface area (Å²) in [6.45, 7) is 2.94. The topological polar surface area (TPSA) is 141 Å². The third-order valence-electron chi connectivity index (χ3n) is 8.32. The summed E-state index contributed by atoms with van der Waals surface area (Å²) in [6, 6.07) is 25.0. The summed E-state index contributed by atoms with van der Waals surface area (Å²) < 4.78 is 13.0. The molecule has 4 rings (SSSR count). The van der Waals surface area contributed by atoms with Crippen LogP contribution in [0, 0.1) is 0 Å². The summed E-state index contributed by atoms with van der Waals surface area (Å²) in [4.78, 5) is 25.4. The molecule has 242 valence electrons. The van der Waals surface area contributed by atoms with E-state index in [-0.39, 0.29) is 37.2 Å². The van der Waals surface area contributed by atoms with Crippen molar-refractivity contribution in [2.75, 3.05) is 13.6 Å². The van der Waals surface area contributed by atoms with E-state index in [0.717, 1.165) is 27.8 Å². The average molecular weight is 620 g/mol. The Labute approximate surface area is 264 Å². The first-order chi connectivity index (χ1) is 21.8. The van der Waals surface area contributed by atoms with Gasteiger partial charge in [0.1, 0.15) is 0 Å². The normalized spacial score (nSPS) is 19.6. The molecule has 5 N–H and O–H groups in total. The van der Waals surface area contributed by atoms with Gasteiger partial charge in [0.05, 0.1) is 24.9 Å². The molecule has 3 aromatic rings. The molecule has 45 heavy (non-hydrogen) atoms. The lowest BCUT2D eigenvalue weighted by atomic mass is 9.98. The zero-order valence-electron chi connectivity index (χ0n) is 26.0. The molecule has 0 spiro atoms. The van der Waals surface area contributed by atoms with Gasteiger partial charge in [-0.2, -0.15) is 0 Å². The quantitative estimate of drug-likeness (QED) is 0.0955. The number of hydrogen-bond acceptors (Lipinski definition) is 8. The summed E-state index contributed by atoms with van der Waals surface area (Å²) >= 11 is 0. The first-order valence-electron chi connectivity index (χ1n) is 15.5. The Morgan fingerprint density at radius 1 is 0.889 bits per heavy atom. The molecule has 1 aliphatic heterocycles. The fraction of sp³-hybridized carbons (Fsp3) is 0.429. The Morgan fingerprint density at radius 3 is 2.16 bits per heavy atom. The molecule has 0 aliphatic carbocycles. The number of ether oxygens (including phenoxy) is 2. The molecule has 1 fully saturated rings. The fourth-order valence-corrected chi connectivity index (χ4v) is 5.40. The molecule has 10 heteroatoms. The van der Waals surface area contributed by atoms with Crippen molar-refractivity contribution in [3.63, 3.8) is 0 Å². The van der Waals surface area contributed by atoms with Crippen LogP contribution in [-0.4, -0.2) is 57.9 Å². The van der Waals surface area contributed by atoms with Gasteiger partial charge in [0.25, 0.3) is 0 Å². The number of hydroxylamine groups is 1. The van der Waals surface area contributed by atoms with Gasteiger partial charge in [-0.1, -0.05) is 78.9 Å². The molecule has 0 unspecified atom stereocenters. The number of rotatable bonds is 15. The van der Waals surface area contributed by atoms with E-state index in [2.05, 4.69) is 10.2 Å². The van der Waals surface area contributed by atoms with E-state index >= 15 is 0 Å². The Balaban J connectivity index is 1.39. The highest BCUT2D eigenvalue weighted by molar-refractivity contribution is 5.76. The van der Waals surface area contributed by atoms with Crippen molar-refractivity contribution in [2.24, 2.45) is 0 Å². The third kappa shape index (κ3) is 10.2. The summed E-state index contributed by atoms with van der Waals surface area (Å²) in [7, 11) is 1.99. The third-order valence-corrected chi connectivity index (χ3v) is 8.32. The Kier molecular flexibility index (Phi) is 13.1. The molecular formula is C35H45N3O7. The second kappa shape index (κ2) is 17.2. The second-order valence-corrected chi connectivity index (χ2v) is 11.6. The number of aliphatic hydroxyl groups is 2. The highest BCUT2D eigenvalue weighted by atomic mass is 16.7. The maximum atomic E-state index is 12.2. The van der Waals surface area contributed by atoms with Gasteiger partial charge < -0.3 is 25.0 Å². The van der Waals surface area contributed by atoms with Crippen LogP contribution in [0.15, 0.2) is 78.9 Å². The Bertz CT molecular complexity index is 1340. The molecule has 0 saturated carbocycles. The summed E-state index contributed by atoms with van der Waals surface area (Å²) in [5, 5.41) is 32.0. The van der Waals surface area contributed by atoms with Gasteiger partial charge in [0, 0.05) is 44.0 Å². The monoisotopic (exact) mass is 619 g/mol. The number of likely N-dealkylation sites (N-methyl/N-ethyl adjacent to an activating group) is 1. The van der Waals surface area contributed by atoms with E-state index < -0.39 is 18.3 Å². The van der Waals surface area contributed by atoms with Gasteiger partial charge in [0.2, 0.25) is 11.8 Å². The zero-order chi connectivity index (χ0) is 32.2. The number of hydrogen-bond donors (Lipinski definition) is 5. The van der Waals surface area contributed by atoms with Gasteiger partial charge in [0.15, 0.2) is 6.29 Å². The molecule has 2 amide bonds. The van der Waals surface area contributed by atoms with Crippen LogP contribution in [0.3, 0.4) is 0 Å². The minimum Gasteiger partial charge on any atom is -0.392 e. The van der Waals surface area contributed by atoms with Gasteiger partial charge in [-0.25, -0.2) is 5.48 Å². The SMILES string of the molecule is C[C@@H]([C@H](O)c1ccccc1)N(C)C[C@H]1C[C@@H](c2ccc(CO)cc2)O[C@@H](c2ccc(CNC(=O)CCCCC(=O)NO)cc2)O1. The van der Waals surface area contributed by atoms with Crippen LogP contribution in [0.1, 0.15) is 85.3 Å². The van der Waals surface area contributed by atoms with E-state index in [1.54, 1.807) is 5.48 Å². The molecule has 3 aromatic carbocycles. The standard InChI is InChI=1S/C35H45N3O7/c1-24(34(42)28-8-4-3-5-9-28)38(2)22-30-20-31(27-16-14-26(23-39)15-17-27)45-35(44-30)29-18-12-25(13-19-29)21-36-32(40)10-6-7-11-33(41)37-43/h3-5,8-9,12-19,24,30-31,34-35,39,42-43H,6-7,10-11,20-23H2,1-2H3,(H,36,40)(H,37,41)/t24-,30+,31-,34-,35-/m0/s1. The summed E-state index contributed by atoms with van der Waals surface area (Å²) in [5.74, 6) is -0.557. The van der Waals surface area contributed by atoms with Gasteiger partial charge in [-0.05, 0) is 49.1 Å². The molecule has 0 bridgehead atoms. The molecular weight excluding hydrogens is 574 g/mol. The molecule has 0 radical (unpaired) electrons. The maximum absolute atomic E-state index is 12.2. The lowest BCUT2D eigenvalue weighted by molar-refractivity contribution is -0.253. The van der Waals surface area contributed by atoms with Crippen LogP contribution in [0.25, 0.3) is 0 Å². The van der Waals surface area contributed by atoms with E-state index in [4.69, 9.17) is 14.7 Å². The zero-order valence-corrected chi connectivity index (χ0v) is 26.0. The lowest BCUT2D eigenvalue weighted by Crippen LogP contribution is -2.43. The van der Waals surface area contributed by atoms with Crippen LogP contribution < -0.4 is 10.8 Å². The number of unbranched alkanes of at least 4 members (excludes halogenated alkanes) is 1. The number of nitrogens with zero attached hydrogens (tertiary/aromatic N) is 1. The largest absolute Gasteiger partial charge is 0.392 e. The molecule has 1 saturated heterocycles. The van der Waals surface area contributed by atoms with Crippen LogP contribution in [-0.2, 0) is 32.2 Å². The number of carbonyl (C=O) groups excluding carboxylic acids is 2. The first-order valence-corrected chi connectivity index (χ1v) is 15.5. The van der Waals surface area contributed by atoms with Crippen molar-refractivity contribution in [2.45, 2.75) is 82.8 Å². The number of nitrogens with one attached hydrogen (secondary N) is 2. The number of carbonyl (C=O) groups is 2. The highest BCUT2D eigenvalue weighted by Gasteiger charge is 2.34. The highest BCUT2D eigenvalue weighted by Crippen LogP contribution is 2.38. The van der Waals surface area contributed by atoms with Gasteiger partial charge in [-0.15, -0.1) is 0 Å². The fourth-order valence-electron chi connectivity index (χ4n) is 5.40. The minimum atomic E-state index is -0.644. The van der Waals surface area contributed by atoms with E-state index in [1.807, 2.05) is 92.8 Å². The molecule has 5 atom stereocenters. The van der Waals surface area contributed by atoms with Crippen LogP contribution in [0.2, 0.25) is 0 Å². The van der Waals surface area contributed by atoms with Crippen molar-refractivity contribution < 1.29 is 34.5 Å². The smallest absolute Gasteiger partial charge is 0.243 e. The average Bonchev–Trinajstić information content (AvgIpc) is 3.08. The predicted octanol–water partition coefficient (Wildman–Crippen LogP) is 4.46. The molecule has 10 nitrogen and oxygen atoms in total. The Hall–Kier alpha value is -3.64.